The molecule has 1 N–H and O–H groups in total. The first kappa shape index (κ1) is 21.5. The summed E-state index contributed by atoms with van der Waals surface area (Å²) in [5.41, 5.74) is -0.0364. The molecule has 8 nitrogen and oxygen atoms in total. The molecular weight excluding hydrogens is 437 g/mol. The van der Waals surface area contributed by atoms with E-state index in [2.05, 4.69) is 20.0 Å². The van der Waals surface area contributed by atoms with Crippen LogP contribution in [-0.4, -0.2) is 55.8 Å². The highest BCUT2D eigenvalue weighted by Crippen LogP contribution is 2.40. The molecule has 1 unspecified atom stereocenters. The lowest BCUT2D eigenvalue weighted by Gasteiger charge is -2.32. The number of pyridine rings is 1. The molecule has 3 aromatic heterocycles. The molecule has 0 amide bonds. The predicted molar refractivity (Wildman–Crippen MR) is 116 cm³/mol. The maximum absolute atomic E-state index is 14.2. The largest absolute Gasteiger partial charge is 0.493 e. The fourth-order valence-corrected chi connectivity index (χ4v) is 4.73. The van der Waals surface area contributed by atoms with Crippen molar-refractivity contribution in [2.45, 2.75) is 32.0 Å². The number of ether oxygens (including phenoxy) is 1. The normalized spacial score (nSPS) is 17.8. The van der Waals surface area contributed by atoms with Crippen LogP contribution >= 0.6 is 0 Å². The molecule has 1 atom stereocenters. The van der Waals surface area contributed by atoms with Gasteiger partial charge >= 0.3 is 11.9 Å². The number of aromatic amines is 1. The zero-order valence-electron chi connectivity index (χ0n) is 18.2. The van der Waals surface area contributed by atoms with Crippen molar-refractivity contribution in [3.8, 4) is 16.9 Å². The van der Waals surface area contributed by atoms with Gasteiger partial charge in [0.1, 0.15) is 6.33 Å². The van der Waals surface area contributed by atoms with E-state index in [0.29, 0.717) is 23.5 Å². The van der Waals surface area contributed by atoms with Crippen LogP contribution in [0, 0.1) is 0 Å². The predicted octanol–water partition coefficient (Wildman–Crippen LogP) is 3.72. The van der Waals surface area contributed by atoms with Gasteiger partial charge in [-0.05, 0) is 49.7 Å². The van der Waals surface area contributed by atoms with Crippen LogP contribution in [0.3, 0.4) is 0 Å². The van der Waals surface area contributed by atoms with Gasteiger partial charge in [-0.1, -0.05) is 6.92 Å². The van der Waals surface area contributed by atoms with Gasteiger partial charge in [0.15, 0.2) is 11.4 Å². The zero-order chi connectivity index (χ0) is 23.3. The monoisotopic (exact) mass is 460 g/mol. The molecule has 0 saturated carbocycles. The van der Waals surface area contributed by atoms with E-state index in [1.165, 1.54) is 40.8 Å². The van der Waals surface area contributed by atoms with Gasteiger partial charge in [0, 0.05) is 18.3 Å². The third-order valence-corrected chi connectivity index (χ3v) is 6.33. The molecule has 0 bridgehead atoms. The number of hydrogen-bond acceptors (Lipinski definition) is 5. The van der Waals surface area contributed by atoms with Gasteiger partial charge in [-0.2, -0.15) is 18.3 Å². The number of rotatable bonds is 4. The summed E-state index contributed by atoms with van der Waals surface area (Å²) in [6.45, 7) is 4.42. The smallest absolute Gasteiger partial charge is 0.417 e. The Morgan fingerprint density at radius 1 is 1.27 bits per heavy atom. The van der Waals surface area contributed by atoms with Crippen molar-refractivity contribution < 1.29 is 17.9 Å². The Balaban J connectivity index is 1.72. The van der Waals surface area contributed by atoms with Crippen molar-refractivity contribution >= 4 is 16.7 Å². The first-order valence-electron chi connectivity index (χ1n) is 10.8. The Kier molecular flexibility index (Phi) is 5.15. The van der Waals surface area contributed by atoms with Gasteiger partial charge in [0.25, 0.3) is 0 Å². The topological polar surface area (TPSA) is 80.5 Å². The molecule has 5 rings (SSSR count). The summed E-state index contributed by atoms with van der Waals surface area (Å²) in [6, 6.07) is 3.77. The molecular formula is C22H23F3N6O2. The second-order valence-electron chi connectivity index (χ2n) is 8.23. The van der Waals surface area contributed by atoms with E-state index in [4.69, 9.17) is 4.74 Å². The number of H-pyrrole nitrogens is 1. The number of piperidine rings is 1. The van der Waals surface area contributed by atoms with Crippen LogP contribution in [0.5, 0.6) is 5.75 Å². The lowest BCUT2D eigenvalue weighted by molar-refractivity contribution is -0.137. The van der Waals surface area contributed by atoms with E-state index < -0.39 is 17.4 Å². The summed E-state index contributed by atoms with van der Waals surface area (Å²) in [6.07, 6.45) is -0.228. The number of methoxy groups -OCH3 is 1. The first-order valence-corrected chi connectivity index (χ1v) is 10.8. The van der Waals surface area contributed by atoms with Gasteiger partial charge in [-0.3, -0.25) is 4.57 Å². The number of likely N-dealkylation sites (N-methyl/N-ethyl adjacent to an activating group) is 1. The van der Waals surface area contributed by atoms with Crippen molar-refractivity contribution in [2.24, 2.45) is 0 Å². The van der Waals surface area contributed by atoms with Crippen LogP contribution in [0.2, 0.25) is 0 Å². The van der Waals surface area contributed by atoms with Gasteiger partial charge in [0.05, 0.1) is 29.7 Å². The Labute approximate surface area is 186 Å². The van der Waals surface area contributed by atoms with Gasteiger partial charge in [0.2, 0.25) is 0 Å². The van der Waals surface area contributed by atoms with Crippen molar-refractivity contribution in [1.29, 1.82) is 0 Å². The van der Waals surface area contributed by atoms with Crippen molar-refractivity contribution in [3.63, 3.8) is 0 Å². The fraction of sp³-hybridized carbons (Fsp3) is 0.409. The molecule has 1 aliphatic heterocycles. The molecule has 11 heteroatoms. The minimum Gasteiger partial charge on any atom is -0.493 e. The first-order chi connectivity index (χ1) is 15.8. The fourth-order valence-electron chi connectivity index (χ4n) is 4.73. The average Bonchev–Trinajstić information content (AvgIpc) is 3.40. The average molecular weight is 460 g/mol. The number of halogens is 3. The molecule has 0 spiro atoms. The van der Waals surface area contributed by atoms with Crippen molar-refractivity contribution in [1.82, 2.24) is 29.0 Å². The number of aromatic nitrogens is 5. The van der Waals surface area contributed by atoms with Crippen LogP contribution in [-0.2, 0) is 6.18 Å². The van der Waals surface area contributed by atoms with E-state index in [-0.39, 0.29) is 22.7 Å². The van der Waals surface area contributed by atoms with Gasteiger partial charge in [-0.15, -0.1) is 0 Å². The number of imidazole rings is 1. The van der Waals surface area contributed by atoms with Crippen LogP contribution in [0.25, 0.3) is 27.8 Å². The Bertz CT molecular complexity index is 1390. The van der Waals surface area contributed by atoms with Gasteiger partial charge in [-0.25, -0.2) is 14.3 Å². The summed E-state index contributed by atoms with van der Waals surface area (Å²) in [5, 5.41) is 4.04. The molecule has 4 heterocycles. The molecule has 4 aromatic rings. The Hall–Kier alpha value is -3.34. The van der Waals surface area contributed by atoms with Crippen molar-refractivity contribution in [3.05, 3.63) is 46.8 Å². The van der Waals surface area contributed by atoms with E-state index in [1.807, 2.05) is 6.92 Å². The van der Waals surface area contributed by atoms with Crippen LogP contribution < -0.4 is 10.4 Å². The van der Waals surface area contributed by atoms with E-state index in [9.17, 15) is 18.0 Å². The second kappa shape index (κ2) is 7.91. The molecule has 0 aliphatic carbocycles. The highest BCUT2D eigenvalue weighted by Gasteiger charge is 2.36. The molecule has 174 valence electrons. The van der Waals surface area contributed by atoms with E-state index in [1.54, 1.807) is 0 Å². The minimum atomic E-state index is -4.63. The summed E-state index contributed by atoms with van der Waals surface area (Å²) in [5.74, 6) is 0.297. The summed E-state index contributed by atoms with van der Waals surface area (Å²) >= 11 is 0. The number of hydrogen-bond donors (Lipinski definition) is 1. The minimum absolute atomic E-state index is 0.0714. The maximum Gasteiger partial charge on any atom is 0.417 e. The third-order valence-electron chi connectivity index (χ3n) is 6.33. The molecule has 1 aliphatic rings. The lowest BCUT2D eigenvalue weighted by atomic mass is 9.99. The molecule has 0 radical (unpaired) electrons. The van der Waals surface area contributed by atoms with Crippen LogP contribution in [0.1, 0.15) is 31.4 Å². The second-order valence-corrected chi connectivity index (χ2v) is 8.23. The molecule has 1 aromatic carbocycles. The van der Waals surface area contributed by atoms with Gasteiger partial charge < -0.3 is 14.6 Å². The number of benzene rings is 1. The SMILES string of the molecule is CCN1CCCC(n2c(=O)[nH]c3cc(-c4cc(OC)c5ncnn5c4)c(C(F)(F)F)cc32)C1. The summed E-state index contributed by atoms with van der Waals surface area (Å²) < 4.78 is 50.8. The van der Waals surface area contributed by atoms with E-state index >= 15 is 0 Å². The number of alkyl halides is 3. The third kappa shape index (κ3) is 3.65. The molecule has 1 fully saturated rings. The highest BCUT2D eigenvalue weighted by molar-refractivity contribution is 5.85. The Morgan fingerprint density at radius 3 is 2.82 bits per heavy atom. The van der Waals surface area contributed by atoms with E-state index in [0.717, 1.165) is 32.0 Å². The maximum atomic E-state index is 14.2. The number of likely N-dealkylation sites (tertiary alicyclic amines) is 1. The zero-order valence-corrected chi connectivity index (χ0v) is 18.2. The lowest BCUT2D eigenvalue weighted by Crippen LogP contribution is -2.39. The number of fused-ring (bicyclic) bond motifs is 2. The quantitative estimate of drug-likeness (QED) is 0.502. The van der Waals surface area contributed by atoms with Crippen molar-refractivity contribution in [2.75, 3.05) is 26.7 Å². The summed E-state index contributed by atoms with van der Waals surface area (Å²) in [7, 11) is 1.42. The molecule has 33 heavy (non-hydrogen) atoms. The van der Waals surface area contributed by atoms with Crippen LogP contribution in [0.15, 0.2) is 35.5 Å². The molecule has 1 saturated heterocycles. The number of nitrogens with zero attached hydrogens (tertiary/aromatic N) is 5. The highest BCUT2D eigenvalue weighted by atomic mass is 19.4. The number of nitrogens with one attached hydrogen (secondary N) is 1. The van der Waals surface area contributed by atoms with Crippen LogP contribution in [0.4, 0.5) is 13.2 Å². The standard InChI is InChI=1S/C22H23F3N6O2/c1-3-29-6-4-5-14(11-29)31-18-9-16(22(23,24)25)15(8-17(18)28-21(31)32)13-7-19(33-2)20-26-12-27-30(20)10-13/h7-10,12,14H,3-6,11H2,1-2H3,(H,28,32). The Morgan fingerprint density at radius 2 is 2.09 bits per heavy atom. The summed E-state index contributed by atoms with van der Waals surface area (Å²) in [4.78, 5) is 21.9.